The minimum absolute atomic E-state index is 0.0125. The van der Waals surface area contributed by atoms with Crippen LogP contribution in [0, 0.1) is 6.92 Å². The molecule has 1 amide bonds. The van der Waals surface area contributed by atoms with Crippen molar-refractivity contribution < 1.29 is 14.4 Å². The normalized spacial score (nSPS) is 11.5. The molecule has 6 heteroatoms. The summed E-state index contributed by atoms with van der Waals surface area (Å²) in [4.78, 5) is 15.4. The van der Waals surface area contributed by atoms with E-state index in [1.165, 1.54) is 0 Å². The highest BCUT2D eigenvalue weighted by atomic mass is 16.5. The number of nitrogens with one attached hydrogen (secondary N) is 1. The topological polar surface area (TPSA) is 88.2 Å². The predicted molar refractivity (Wildman–Crippen MR) is 52.3 cm³/mol. The average molecular weight is 213 g/mol. The molecule has 0 spiro atoms. The van der Waals surface area contributed by atoms with E-state index < -0.39 is 11.4 Å². The molecule has 0 bridgehead atoms. The molecule has 1 rings (SSSR count). The summed E-state index contributed by atoms with van der Waals surface area (Å²) < 4.78 is 4.69. The number of aromatic nitrogens is 2. The van der Waals surface area contributed by atoms with Gasteiger partial charge >= 0.3 is 0 Å². The van der Waals surface area contributed by atoms with Crippen LogP contribution in [-0.2, 0) is 0 Å². The van der Waals surface area contributed by atoms with Gasteiger partial charge in [-0.1, -0.05) is 5.16 Å². The minimum atomic E-state index is -0.486. The standard InChI is InChI=1S/C9H15N3O3/c1-6-10-7(12-15-6)8(14)11-9(2,3)4-5-13/h13H,4-5H2,1-3H3,(H,11,14). The molecule has 0 aliphatic rings. The quantitative estimate of drug-likeness (QED) is 0.749. The molecule has 0 aliphatic heterocycles. The number of carbonyl (C=O) groups excluding carboxylic acids is 1. The number of amides is 1. The molecular weight excluding hydrogens is 198 g/mol. The van der Waals surface area contributed by atoms with E-state index in [9.17, 15) is 4.79 Å². The summed E-state index contributed by atoms with van der Waals surface area (Å²) in [6.07, 6.45) is 0.468. The first-order valence-corrected chi connectivity index (χ1v) is 4.68. The highest BCUT2D eigenvalue weighted by Gasteiger charge is 2.23. The van der Waals surface area contributed by atoms with E-state index in [0.717, 1.165) is 0 Å². The van der Waals surface area contributed by atoms with Crippen LogP contribution in [0.25, 0.3) is 0 Å². The van der Waals surface area contributed by atoms with Crippen molar-refractivity contribution in [2.24, 2.45) is 0 Å². The number of aliphatic hydroxyl groups is 1. The fraction of sp³-hybridized carbons (Fsp3) is 0.667. The number of nitrogens with zero attached hydrogens (tertiary/aromatic N) is 2. The Morgan fingerprint density at radius 1 is 1.60 bits per heavy atom. The first-order chi connectivity index (χ1) is 6.94. The Morgan fingerprint density at radius 3 is 2.73 bits per heavy atom. The predicted octanol–water partition coefficient (Wildman–Crippen LogP) is 0.269. The minimum Gasteiger partial charge on any atom is -0.396 e. The molecule has 0 radical (unpaired) electrons. The zero-order valence-corrected chi connectivity index (χ0v) is 9.07. The van der Waals surface area contributed by atoms with E-state index in [-0.39, 0.29) is 12.4 Å². The molecule has 84 valence electrons. The van der Waals surface area contributed by atoms with Gasteiger partial charge in [-0.15, -0.1) is 0 Å². The monoisotopic (exact) mass is 213 g/mol. The number of carbonyl (C=O) groups is 1. The second-order valence-electron chi connectivity index (χ2n) is 3.95. The maximum Gasteiger partial charge on any atom is 0.293 e. The third-order valence-corrected chi connectivity index (χ3v) is 1.92. The van der Waals surface area contributed by atoms with Crippen LogP contribution < -0.4 is 5.32 Å². The SMILES string of the molecule is Cc1nc(C(=O)NC(C)(C)CCO)no1. The first-order valence-electron chi connectivity index (χ1n) is 4.68. The summed E-state index contributed by atoms with van der Waals surface area (Å²) in [5, 5.41) is 15.0. The van der Waals surface area contributed by atoms with Gasteiger partial charge in [-0.2, -0.15) is 4.98 Å². The van der Waals surface area contributed by atoms with Gasteiger partial charge in [0.05, 0.1) is 0 Å². The Bertz CT molecular complexity index is 346. The lowest BCUT2D eigenvalue weighted by molar-refractivity contribution is 0.0886. The molecule has 1 aromatic heterocycles. The molecule has 0 saturated carbocycles. The third-order valence-electron chi connectivity index (χ3n) is 1.92. The van der Waals surface area contributed by atoms with Gasteiger partial charge in [0.2, 0.25) is 5.89 Å². The van der Waals surface area contributed by atoms with Crippen molar-refractivity contribution in [2.75, 3.05) is 6.61 Å². The lowest BCUT2D eigenvalue weighted by Crippen LogP contribution is -2.44. The van der Waals surface area contributed by atoms with Gasteiger partial charge in [-0.05, 0) is 20.3 Å². The Labute approximate surface area is 87.7 Å². The van der Waals surface area contributed by atoms with Gasteiger partial charge in [0.25, 0.3) is 11.7 Å². The Kier molecular flexibility index (Phi) is 3.41. The van der Waals surface area contributed by atoms with Gasteiger partial charge in [-0.3, -0.25) is 4.79 Å². The van der Waals surface area contributed by atoms with Gasteiger partial charge in [-0.25, -0.2) is 0 Å². The molecule has 0 aromatic carbocycles. The van der Waals surface area contributed by atoms with Crippen molar-refractivity contribution in [1.29, 1.82) is 0 Å². The summed E-state index contributed by atoms with van der Waals surface area (Å²) >= 11 is 0. The third kappa shape index (κ3) is 3.32. The zero-order chi connectivity index (χ0) is 11.5. The fourth-order valence-corrected chi connectivity index (χ4v) is 1.10. The lowest BCUT2D eigenvalue weighted by Gasteiger charge is -2.24. The van der Waals surface area contributed by atoms with Gasteiger partial charge in [0.1, 0.15) is 0 Å². The van der Waals surface area contributed by atoms with Crippen molar-refractivity contribution in [3.63, 3.8) is 0 Å². The highest BCUT2D eigenvalue weighted by molar-refractivity contribution is 5.90. The molecule has 1 heterocycles. The van der Waals surface area contributed by atoms with Crippen molar-refractivity contribution in [1.82, 2.24) is 15.5 Å². The van der Waals surface area contributed by atoms with Crippen LogP contribution in [0.1, 0.15) is 36.8 Å². The summed E-state index contributed by atoms with van der Waals surface area (Å²) in [6, 6.07) is 0. The summed E-state index contributed by atoms with van der Waals surface area (Å²) in [7, 11) is 0. The molecule has 0 atom stereocenters. The molecule has 1 aromatic rings. The summed E-state index contributed by atoms with van der Waals surface area (Å²) in [5.41, 5.74) is -0.486. The number of rotatable bonds is 4. The van der Waals surface area contributed by atoms with E-state index in [1.807, 2.05) is 13.8 Å². The van der Waals surface area contributed by atoms with Crippen LogP contribution in [0.4, 0.5) is 0 Å². The maximum atomic E-state index is 11.6. The molecule has 0 unspecified atom stereocenters. The Morgan fingerprint density at radius 2 is 2.27 bits per heavy atom. The van der Waals surface area contributed by atoms with E-state index >= 15 is 0 Å². The van der Waals surface area contributed by atoms with E-state index in [2.05, 4.69) is 20.0 Å². The second kappa shape index (κ2) is 4.39. The molecular formula is C9H15N3O3. The van der Waals surface area contributed by atoms with Crippen LogP contribution in [0.2, 0.25) is 0 Å². The van der Waals surface area contributed by atoms with Crippen molar-refractivity contribution in [3.05, 3.63) is 11.7 Å². The molecule has 2 N–H and O–H groups in total. The van der Waals surface area contributed by atoms with Crippen LogP contribution >= 0.6 is 0 Å². The summed E-state index contributed by atoms with van der Waals surface area (Å²) in [5.74, 6) is -0.0380. The van der Waals surface area contributed by atoms with Gasteiger partial charge in [0, 0.05) is 19.1 Å². The van der Waals surface area contributed by atoms with E-state index in [0.29, 0.717) is 12.3 Å². The Hall–Kier alpha value is -1.43. The fourth-order valence-electron chi connectivity index (χ4n) is 1.10. The van der Waals surface area contributed by atoms with Crippen molar-refractivity contribution >= 4 is 5.91 Å². The maximum absolute atomic E-state index is 11.6. The second-order valence-corrected chi connectivity index (χ2v) is 3.95. The molecule has 6 nitrogen and oxygen atoms in total. The highest BCUT2D eigenvalue weighted by Crippen LogP contribution is 2.08. The summed E-state index contributed by atoms with van der Waals surface area (Å²) in [6.45, 7) is 5.25. The van der Waals surface area contributed by atoms with Crippen LogP contribution in [-0.4, -0.2) is 33.3 Å². The van der Waals surface area contributed by atoms with E-state index in [4.69, 9.17) is 5.11 Å². The Balaban J connectivity index is 2.63. The molecule has 0 aliphatic carbocycles. The number of aliphatic hydroxyl groups excluding tert-OH is 1. The number of hydrogen-bond donors (Lipinski definition) is 2. The molecule has 0 saturated heterocycles. The lowest BCUT2D eigenvalue weighted by atomic mass is 10.0. The molecule has 0 fully saturated rings. The van der Waals surface area contributed by atoms with E-state index in [1.54, 1.807) is 6.92 Å². The largest absolute Gasteiger partial charge is 0.396 e. The molecule has 15 heavy (non-hydrogen) atoms. The van der Waals surface area contributed by atoms with Crippen molar-refractivity contribution in [2.45, 2.75) is 32.7 Å². The van der Waals surface area contributed by atoms with Crippen LogP contribution in [0.3, 0.4) is 0 Å². The van der Waals surface area contributed by atoms with Crippen LogP contribution in [0.5, 0.6) is 0 Å². The first kappa shape index (κ1) is 11.6. The zero-order valence-electron chi connectivity index (χ0n) is 9.07. The number of aryl methyl sites for hydroxylation is 1. The smallest absolute Gasteiger partial charge is 0.293 e. The van der Waals surface area contributed by atoms with Crippen LogP contribution in [0.15, 0.2) is 4.52 Å². The average Bonchev–Trinajstić information content (AvgIpc) is 2.50. The van der Waals surface area contributed by atoms with Gasteiger partial charge < -0.3 is 14.9 Å². The number of hydrogen-bond acceptors (Lipinski definition) is 5. The van der Waals surface area contributed by atoms with Gasteiger partial charge in [0.15, 0.2) is 0 Å². The van der Waals surface area contributed by atoms with Crippen molar-refractivity contribution in [3.8, 4) is 0 Å².